The molecule has 1 heterocycles. The van der Waals surface area contributed by atoms with Crippen LogP contribution in [0, 0.1) is 0 Å². The van der Waals surface area contributed by atoms with Gasteiger partial charge < -0.3 is 9.47 Å². The van der Waals surface area contributed by atoms with E-state index in [0.29, 0.717) is 0 Å². The number of nitrogens with zero attached hydrogens (tertiary/aromatic N) is 2. The minimum Gasteiger partial charge on any atom is -0.311 e. The Kier molecular flexibility index (Phi) is 7.85. The Morgan fingerprint density at radius 2 is 1.02 bits per heavy atom. The summed E-state index contributed by atoms with van der Waals surface area (Å²) in [5.74, 6) is 0. The zero-order valence-electron chi connectivity index (χ0n) is 31.0. The second kappa shape index (κ2) is 13.2. The highest BCUT2D eigenvalue weighted by Crippen LogP contribution is 2.53. The van der Waals surface area contributed by atoms with Crippen LogP contribution < -0.4 is 4.90 Å². The summed E-state index contributed by atoms with van der Waals surface area (Å²) >= 11 is 0. The van der Waals surface area contributed by atoms with Gasteiger partial charge in [0.25, 0.3) is 0 Å². The number of rotatable bonds is 7. The molecule has 10 rings (SSSR count). The molecule has 0 radical (unpaired) electrons. The number of para-hydroxylation sites is 3. The molecule has 2 heteroatoms. The molecule has 0 aliphatic heterocycles. The van der Waals surface area contributed by atoms with Crippen molar-refractivity contribution in [1.82, 2.24) is 4.57 Å². The maximum Gasteiger partial charge on any atom is 0.0588 e. The van der Waals surface area contributed by atoms with E-state index in [1.165, 1.54) is 66.4 Å². The van der Waals surface area contributed by atoms with E-state index in [0.717, 1.165) is 22.6 Å². The third kappa shape index (κ3) is 5.57. The van der Waals surface area contributed by atoms with Crippen LogP contribution in [-0.2, 0) is 5.41 Å². The summed E-state index contributed by atoms with van der Waals surface area (Å²) in [4.78, 5) is 2.30. The van der Waals surface area contributed by atoms with Gasteiger partial charge in [0, 0.05) is 38.9 Å². The molecule has 0 saturated heterocycles. The molecule has 0 saturated carbocycles. The maximum absolute atomic E-state index is 2.49. The lowest BCUT2D eigenvalue weighted by Crippen LogP contribution is -2.16. The Balaban J connectivity index is 1.03. The van der Waals surface area contributed by atoms with Crippen molar-refractivity contribution in [3.05, 3.63) is 216 Å². The van der Waals surface area contributed by atoms with E-state index in [1.54, 1.807) is 0 Å². The first-order valence-electron chi connectivity index (χ1n) is 19.1. The SMILES string of the molecule is CC1(C)c2cc(C=Cc3ccc(N(c4ccccc4)c4ccccc4)cc3)ccc2-c2ccc3c4cc(-c5ccccc5)ccc4n(-c4ccccc4)c3c21. The van der Waals surface area contributed by atoms with Crippen molar-refractivity contribution in [2.75, 3.05) is 4.90 Å². The van der Waals surface area contributed by atoms with Gasteiger partial charge in [-0.1, -0.05) is 159 Å². The van der Waals surface area contributed by atoms with Crippen LogP contribution in [0.4, 0.5) is 17.1 Å². The van der Waals surface area contributed by atoms with E-state index in [1.807, 2.05) is 0 Å². The monoisotopic (exact) mass is 704 g/mol. The minimum absolute atomic E-state index is 0.211. The molecule has 0 bridgehead atoms. The first-order chi connectivity index (χ1) is 27.0. The Bertz CT molecular complexity index is 2810. The molecule has 0 atom stereocenters. The van der Waals surface area contributed by atoms with Crippen LogP contribution >= 0.6 is 0 Å². The highest BCUT2D eigenvalue weighted by Gasteiger charge is 2.38. The van der Waals surface area contributed by atoms with Crippen molar-refractivity contribution in [2.45, 2.75) is 19.3 Å². The van der Waals surface area contributed by atoms with Gasteiger partial charge in [0.2, 0.25) is 0 Å². The number of hydrogen-bond acceptors (Lipinski definition) is 1. The highest BCUT2D eigenvalue weighted by atomic mass is 15.1. The molecule has 1 aliphatic rings. The maximum atomic E-state index is 2.49. The summed E-state index contributed by atoms with van der Waals surface area (Å²) in [5.41, 5.74) is 17.1. The summed E-state index contributed by atoms with van der Waals surface area (Å²) in [6.07, 6.45) is 4.48. The highest BCUT2D eigenvalue weighted by molar-refractivity contribution is 6.14. The number of aromatic nitrogens is 1. The average molecular weight is 705 g/mol. The second-order valence-corrected chi connectivity index (χ2v) is 15.0. The van der Waals surface area contributed by atoms with Crippen LogP contribution in [-0.4, -0.2) is 4.57 Å². The molecule has 2 nitrogen and oxygen atoms in total. The van der Waals surface area contributed by atoms with E-state index in [-0.39, 0.29) is 5.41 Å². The lowest BCUT2D eigenvalue weighted by atomic mass is 9.81. The zero-order chi connectivity index (χ0) is 36.9. The summed E-state index contributed by atoms with van der Waals surface area (Å²) in [6, 6.07) is 70.2. The van der Waals surface area contributed by atoms with Crippen molar-refractivity contribution >= 4 is 51.0 Å². The van der Waals surface area contributed by atoms with Gasteiger partial charge in [-0.3, -0.25) is 0 Å². The molecule has 0 N–H and O–H groups in total. The fraction of sp³-hybridized carbons (Fsp3) is 0.0566. The van der Waals surface area contributed by atoms with Crippen molar-refractivity contribution in [2.24, 2.45) is 0 Å². The number of anilines is 3. The number of fused-ring (bicyclic) bond motifs is 7. The average Bonchev–Trinajstić information content (AvgIpc) is 3.69. The smallest absolute Gasteiger partial charge is 0.0588 e. The molecular weight excluding hydrogens is 665 g/mol. The van der Waals surface area contributed by atoms with Crippen LogP contribution in [0.5, 0.6) is 0 Å². The van der Waals surface area contributed by atoms with Gasteiger partial charge in [-0.2, -0.15) is 0 Å². The second-order valence-electron chi connectivity index (χ2n) is 15.0. The normalized spacial score (nSPS) is 13.0. The quantitative estimate of drug-likeness (QED) is 0.150. The molecule has 1 aliphatic carbocycles. The van der Waals surface area contributed by atoms with Crippen LogP contribution in [0.1, 0.15) is 36.1 Å². The third-order valence-corrected chi connectivity index (χ3v) is 11.3. The summed E-state index contributed by atoms with van der Waals surface area (Å²) in [7, 11) is 0. The lowest BCUT2D eigenvalue weighted by molar-refractivity contribution is 0.663. The van der Waals surface area contributed by atoms with E-state index >= 15 is 0 Å². The van der Waals surface area contributed by atoms with E-state index in [9.17, 15) is 0 Å². The van der Waals surface area contributed by atoms with Gasteiger partial charge in [0.05, 0.1) is 11.0 Å². The first kappa shape index (κ1) is 32.7. The van der Waals surface area contributed by atoms with Crippen LogP contribution in [0.3, 0.4) is 0 Å². The summed E-state index contributed by atoms with van der Waals surface area (Å²) < 4.78 is 2.49. The van der Waals surface area contributed by atoms with Crippen LogP contribution in [0.2, 0.25) is 0 Å². The molecule has 1 aromatic heterocycles. The topological polar surface area (TPSA) is 8.17 Å². The van der Waals surface area contributed by atoms with Gasteiger partial charge in [-0.15, -0.1) is 0 Å². The van der Waals surface area contributed by atoms with Gasteiger partial charge in [-0.05, 0) is 105 Å². The fourth-order valence-electron chi connectivity index (χ4n) is 8.70. The Morgan fingerprint density at radius 1 is 0.455 bits per heavy atom. The van der Waals surface area contributed by atoms with Crippen molar-refractivity contribution in [3.8, 4) is 27.9 Å². The lowest BCUT2D eigenvalue weighted by Gasteiger charge is -2.25. The van der Waals surface area contributed by atoms with Crippen molar-refractivity contribution < 1.29 is 0 Å². The molecule has 0 spiro atoms. The Morgan fingerprint density at radius 3 is 1.69 bits per heavy atom. The number of hydrogen-bond donors (Lipinski definition) is 0. The minimum atomic E-state index is -0.211. The first-order valence-corrected chi connectivity index (χ1v) is 19.1. The molecule has 8 aromatic carbocycles. The molecule has 262 valence electrons. The molecule has 0 fully saturated rings. The van der Waals surface area contributed by atoms with E-state index in [2.05, 4.69) is 230 Å². The summed E-state index contributed by atoms with van der Waals surface area (Å²) in [5, 5.41) is 2.57. The molecule has 55 heavy (non-hydrogen) atoms. The van der Waals surface area contributed by atoms with E-state index < -0.39 is 0 Å². The standard InChI is InChI=1S/C53H40N2/c1-53(2)49-35-38(24-23-37-25-29-44(30-26-37)54(41-17-9-4-10-18-41)42-19-11-5-12-20-42)27-31-45(49)46-32-33-47-48-36-40(39-15-7-3-8-16-39)28-34-50(48)55(52(47)51(46)53)43-21-13-6-14-22-43/h3-36H,1-2H3. The zero-order valence-corrected chi connectivity index (χ0v) is 31.0. The Labute approximate surface area is 322 Å². The van der Waals surface area contributed by atoms with Gasteiger partial charge in [0.1, 0.15) is 0 Å². The van der Waals surface area contributed by atoms with Gasteiger partial charge >= 0.3 is 0 Å². The molecule has 0 amide bonds. The molecular formula is C53H40N2. The number of benzene rings is 8. The third-order valence-electron chi connectivity index (χ3n) is 11.3. The van der Waals surface area contributed by atoms with Crippen molar-refractivity contribution in [3.63, 3.8) is 0 Å². The van der Waals surface area contributed by atoms with E-state index in [4.69, 9.17) is 0 Å². The largest absolute Gasteiger partial charge is 0.311 e. The van der Waals surface area contributed by atoms with Gasteiger partial charge in [0.15, 0.2) is 0 Å². The van der Waals surface area contributed by atoms with Gasteiger partial charge in [-0.25, -0.2) is 0 Å². The van der Waals surface area contributed by atoms with Crippen molar-refractivity contribution in [1.29, 1.82) is 0 Å². The van der Waals surface area contributed by atoms with Crippen LogP contribution in [0.25, 0.3) is 61.9 Å². The Hall–Kier alpha value is -6.90. The molecule has 9 aromatic rings. The summed E-state index contributed by atoms with van der Waals surface area (Å²) in [6.45, 7) is 4.80. The predicted octanol–water partition coefficient (Wildman–Crippen LogP) is 14.4. The molecule has 0 unspecified atom stereocenters. The predicted molar refractivity (Wildman–Crippen MR) is 234 cm³/mol. The van der Waals surface area contributed by atoms with Crippen LogP contribution in [0.15, 0.2) is 194 Å². The fourth-order valence-corrected chi connectivity index (χ4v) is 8.70.